The Labute approximate surface area is 227 Å². The average molecular weight is 626 g/mol. The molecule has 1 atom stereocenters. The maximum Gasteiger partial charge on any atom is 0.271 e. The van der Waals surface area contributed by atoms with Crippen molar-refractivity contribution in [3.05, 3.63) is 123 Å². The minimum Gasteiger partial charge on any atom is -0.494 e. The molecule has 36 heavy (non-hydrogen) atoms. The summed E-state index contributed by atoms with van der Waals surface area (Å²) in [5, 5.41) is 0. The molecule has 0 saturated carbocycles. The number of fused-ring (bicyclic) bond motifs is 3. The van der Waals surface area contributed by atoms with Gasteiger partial charge < -0.3 is 4.74 Å². The van der Waals surface area contributed by atoms with Crippen LogP contribution < -0.4 is 19.6 Å². The molecule has 1 unspecified atom stereocenters. The zero-order valence-corrected chi connectivity index (χ0v) is 23.1. The van der Waals surface area contributed by atoms with Crippen LogP contribution in [0.25, 0.3) is 11.8 Å². The molecule has 0 saturated heterocycles. The van der Waals surface area contributed by atoms with E-state index in [1.807, 2.05) is 30.3 Å². The van der Waals surface area contributed by atoms with Crippen molar-refractivity contribution in [2.45, 2.75) is 18.9 Å². The minimum atomic E-state index is -0.332. The molecular weight excluding hydrogens is 607 g/mol. The van der Waals surface area contributed by atoms with Crippen molar-refractivity contribution in [1.82, 2.24) is 4.57 Å². The first-order chi connectivity index (χ1) is 17.4. The molecule has 180 valence electrons. The van der Waals surface area contributed by atoms with Crippen LogP contribution in [0.4, 0.5) is 4.39 Å². The van der Waals surface area contributed by atoms with E-state index in [0.717, 1.165) is 49.7 Å². The lowest BCUT2D eigenvalue weighted by atomic mass is 9.83. The summed E-state index contributed by atoms with van der Waals surface area (Å²) in [5.74, 6) is 0.390. The molecule has 0 fully saturated rings. The molecule has 8 heteroatoms. The van der Waals surface area contributed by atoms with Gasteiger partial charge in [-0.05, 0) is 97.3 Å². The van der Waals surface area contributed by atoms with E-state index in [0.29, 0.717) is 15.1 Å². The summed E-state index contributed by atoms with van der Waals surface area (Å²) in [6, 6.07) is 18.2. The summed E-state index contributed by atoms with van der Waals surface area (Å²) >= 11 is 8.45. The Balaban J connectivity index is 1.60. The van der Waals surface area contributed by atoms with Gasteiger partial charge >= 0.3 is 0 Å². The van der Waals surface area contributed by atoms with Gasteiger partial charge in [0.25, 0.3) is 5.56 Å². The smallest absolute Gasteiger partial charge is 0.271 e. The largest absolute Gasteiger partial charge is 0.494 e. The highest BCUT2D eigenvalue weighted by atomic mass is 79.9. The van der Waals surface area contributed by atoms with Crippen LogP contribution in [0.15, 0.2) is 85.0 Å². The Bertz CT molecular complexity index is 1720. The highest BCUT2D eigenvalue weighted by molar-refractivity contribution is 9.11. The predicted octanol–water partition coefficient (Wildman–Crippen LogP) is 5.99. The first-order valence-electron chi connectivity index (χ1n) is 11.4. The molecule has 2 heterocycles. The van der Waals surface area contributed by atoms with Gasteiger partial charge in [-0.25, -0.2) is 9.38 Å². The van der Waals surface area contributed by atoms with Crippen LogP contribution in [0, 0.1) is 5.82 Å². The molecule has 1 aliphatic carbocycles. The summed E-state index contributed by atoms with van der Waals surface area (Å²) < 4.78 is 23.1. The normalized spacial score (nSPS) is 16.8. The van der Waals surface area contributed by atoms with Crippen LogP contribution in [-0.2, 0) is 6.42 Å². The van der Waals surface area contributed by atoms with Crippen molar-refractivity contribution in [2.75, 3.05) is 7.11 Å². The van der Waals surface area contributed by atoms with Crippen molar-refractivity contribution in [2.24, 2.45) is 4.99 Å². The number of aromatic nitrogens is 1. The second-order valence-electron chi connectivity index (χ2n) is 8.68. The number of thiazole rings is 1. The van der Waals surface area contributed by atoms with Crippen LogP contribution in [-0.4, -0.2) is 11.7 Å². The van der Waals surface area contributed by atoms with E-state index in [9.17, 15) is 9.18 Å². The molecular formula is C28H19Br2FN2O2S. The third kappa shape index (κ3) is 3.92. The van der Waals surface area contributed by atoms with E-state index in [-0.39, 0.29) is 17.4 Å². The molecule has 0 bridgehead atoms. The lowest BCUT2D eigenvalue weighted by Crippen LogP contribution is -2.38. The zero-order valence-electron chi connectivity index (χ0n) is 19.1. The van der Waals surface area contributed by atoms with E-state index in [1.54, 1.807) is 23.8 Å². The van der Waals surface area contributed by atoms with E-state index < -0.39 is 0 Å². The first kappa shape index (κ1) is 23.6. The van der Waals surface area contributed by atoms with Crippen molar-refractivity contribution in [1.29, 1.82) is 0 Å². The molecule has 4 nitrogen and oxygen atoms in total. The van der Waals surface area contributed by atoms with E-state index in [4.69, 9.17) is 9.73 Å². The molecule has 4 aromatic rings. The van der Waals surface area contributed by atoms with E-state index in [1.165, 1.54) is 29.0 Å². The molecule has 3 aromatic carbocycles. The van der Waals surface area contributed by atoms with Gasteiger partial charge in [0.1, 0.15) is 11.6 Å². The SMILES string of the molecule is COc1c(Br)cc(C=c2sc3n(c2=O)C(c2ccc(F)cc2)C2=C(N=3)c3ccccc3CC2)cc1Br. The molecule has 0 amide bonds. The number of rotatable bonds is 3. The van der Waals surface area contributed by atoms with Crippen molar-refractivity contribution in [3.63, 3.8) is 0 Å². The Morgan fingerprint density at radius 3 is 2.53 bits per heavy atom. The third-order valence-electron chi connectivity index (χ3n) is 6.58. The van der Waals surface area contributed by atoms with Crippen LogP contribution >= 0.6 is 43.2 Å². The number of aryl methyl sites for hydroxylation is 1. The second kappa shape index (κ2) is 9.25. The van der Waals surface area contributed by atoms with E-state index >= 15 is 0 Å². The van der Waals surface area contributed by atoms with Gasteiger partial charge in [-0.2, -0.15) is 0 Å². The van der Waals surface area contributed by atoms with Gasteiger partial charge in [-0.1, -0.05) is 47.7 Å². The first-order valence-corrected chi connectivity index (χ1v) is 13.8. The molecule has 1 aliphatic heterocycles. The van der Waals surface area contributed by atoms with Gasteiger partial charge in [0.2, 0.25) is 0 Å². The fourth-order valence-corrected chi connectivity index (χ4v) is 7.52. The maximum absolute atomic E-state index is 13.8. The van der Waals surface area contributed by atoms with Crippen LogP contribution in [0.5, 0.6) is 5.75 Å². The van der Waals surface area contributed by atoms with E-state index in [2.05, 4.69) is 44.0 Å². The van der Waals surface area contributed by atoms with Gasteiger partial charge in [-0.15, -0.1) is 0 Å². The highest BCUT2D eigenvalue weighted by Gasteiger charge is 2.32. The van der Waals surface area contributed by atoms with Crippen molar-refractivity contribution < 1.29 is 9.13 Å². The molecule has 1 aromatic heterocycles. The topological polar surface area (TPSA) is 43.6 Å². The Kier molecular flexibility index (Phi) is 6.06. The van der Waals surface area contributed by atoms with Crippen LogP contribution in [0.3, 0.4) is 0 Å². The number of methoxy groups -OCH3 is 1. The van der Waals surface area contributed by atoms with Gasteiger partial charge in [0.05, 0.1) is 32.3 Å². The van der Waals surface area contributed by atoms with Gasteiger partial charge in [0, 0.05) is 5.56 Å². The molecule has 2 aliphatic rings. The fourth-order valence-electron chi connectivity index (χ4n) is 4.98. The lowest BCUT2D eigenvalue weighted by molar-refractivity contribution is 0.409. The number of ether oxygens (including phenoxy) is 1. The lowest BCUT2D eigenvalue weighted by Gasteiger charge is -2.30. The quantitative estimate of drug-likeness (QED) is 0.281. The Hall–Kier alpha value is -2.81. The predicted molar refractivity (Wildman–Crippen MR) is 148 cm³/mol. The molecule has 0 N–H and O–H groups in total. The van der Waals surface area contributed by atoms with Crippen LogP contribution in [0.1, 0.15) is 34.7 Å². The van der Waals surface area contributed by atoms with Crippen molar-refractivity contribution >= 4 is 55.0 Å². The zero-order chi connectivity index (χ0) is 25.0. The molecule has 6 rings (SSSR count). The fraction of sp³-hybridized carbons (Fsp3) is 0.143. The van der Waals surface area contributed by atoms with Crippen molar-refractivity contribution in [3.8, 4) is 5.75 Å². The Morgan fingerprint density at radius 2 is 1.81 bits per heavy atom. The summed E-state index contributed by atoms with van der Waals surface area (Å²) in [6.45, 7) is 0. The highest BCUT2D eigenvalue weighted by Crippen LogP contribution is 2.41. The van der Waals surface area contributed by atoms with Gasteiger partial charge in [0.15, 0.2) is 4.80 Å². The van der Waals surface area contributed by atoms with Crippen LogP contribution in [0.2, 0.25) is 0 Å². The summed E-state index contributed by atoms with van der Waals surface area (Å²) in [4.78, 5) is 19.5. The monoisotopic (exact) mass is 624 g/mol. The molecule has 0 spiro atoms. The summed E-state index contributed by atoms with van der Waals surface area (Å²) in [6.07, 6.45) is 3.54. The Morgan fingerprint density at radius 1 is 1.08 bits per heavy atom. The number of hydrogen-bond donors (Lipinski definition) is 0. The third-order valence-corrected chi connectivity index (χ3v) is 8.74. The number of allylic oxidation sites excluding steroid dienone is 1. The summed E-state index contributed by atoms with van der Waals surface area (Å²) in [7, 11) is 1.61. The number of hydrogen-bond acceptors (Lipinski definition) is 4. The van der Waals surface area contributed by atoms with Gasteiger partial charge in [-0.3, -0.25) is 9.36 Å². The second-order valence-corrected chi connectivity index (χ2v) is 11.4. The number of benzene rings is 3. The maximum atomic E-state index is 13.8. The summed E-state index contributed by atoms with van der Waals surface area (Å²) in [5.41, 5.74) is 5.99. The number of nitrogens with zero attached hydrogens (tertiary/aromatic N) is 2. The number of halogens is 3. The standard InChI is InChI=1S/C28H19Br2FN2O2S/c1-35-26-21(29)12-15(13-22(26)30)14-23-27(34)33-25(17-6-9-18(31)10-7-17)20-11-8-16-4-2-3-5-19(16)24(20)32-28(33)36-23/h2-7,9-10,12-14,25H,8,11H2,1H3. The minimum absolute atomic E-state index is 0.110. The molecule has 0 radical (unpaired) electrons. The average Bonchev–Trinajstić information content (AvgIpc) is 3.17.